The van der Waals surface area contributed by atoms with Gasteiger partial charge in [0.25, 0.3) is 0 Å². The molecule has 15 heteroatoms. The first-order valence-corrected chi connectivity index (χ1v) is 29.1. The lowest BCUT2D eigenvalue weighted by Crippen LogP contribution is -2.51. The third-order valence-electron chi connectivity index (χ3n) is 4.54. The number of rotatable bonds is 16. The van der Waals surface area contributed by atoms with E-state index in [1.54, 1.807) is 31.8 Å². The molecular weight excluding hydrogens is 517 g/mol. The highest BCUT2D eigenvalue weighted by atomic mass is 28.5. The van der Waals surface area contributed by atoms with Crippen LogP contribution in [0.25, 0.3) is 0 Å². The molecule has 30 heavy (non-hydrogen) atoms. The van der Waals surface area contributed by atoms with Gasteiger partial charge in [-0.05, 0) is 58.9 Å². The first-order chi connectivity index (χ1) is 13.5. The third kappa shape index (κ3) is 14.6. The first-order valence-electron chi connectivity index (χ1n) is 10.5. The van der Waals surface area contributed by atoms with Crippen molar-refractivity contribution in [1.82, 2.24) is 0 Å². The largest absolute Gasteiger partial charge is 0.461 e. The number of hydrogen-bond donors (Lipinski definition) is 0. The third-order valence-corrected chi connectivity index (χ3v) is 36.1. The summed E-state index contributed by atoms with van der Waals surface area (Å²) in [7, 11) is -5.66. The van der Waals surface area contributed by atoms with Gasteiger partial charge in [0.1, 0.15) is 0 Å². The quantitative estimate of drug-likeness (QED) is 0.267. The van der Waals surface area contributed by atoms with E-state index in [4.69, 9.17) is 29.7 Å². The maximum Gasteiger partial charge on any atom is 0.310 e. The zero-order chi connectivity index (χ0) is 23.8. The van der Waals surface area contributed by atoms with Crippen LogP contribution in [-0.2, 0) is 29.7 Å². The van der Waals surface area contributed by atoms with Gasteiger partial charge in [0.15, 0.2) is 43.8 Å². The number of hydrogen-bond acceptors (Lipinski definition) is 7. The van der Waals surface area contributed by atoms with Gasteiger partial charge in [0.2, 0.25) is 0 Å². The summed E-state index contributed by atoms with van der Waals surface area (Å²) >= 11 is 0. The molecule has 0 rings (SSSR count). The highest BCUT2D eigenvalue weighted by Gasteiger charge is 2.40. The molecule has 0 heterocycles. The van der Waals surface area contributed by atoms with Crippen molar-refractivity contribution >= 4 is 71.6 Å². The van der Waals surface area contributed by atoms with Crippen LogP contribution in [0.5, 0.6) is 0 Å². The van der Waals surface area contributed by atoms with Crippen LogP contribution in [0.15, 0.2) is 0 Å². The molecule has 0 saturated carbocycles. The Morgan fingerprint density at radius 3 is 1.10 bits per heavy atom. The molecule has 0 bridgehead atoms. The fourth-order valence-electron chi connectivity index (χ4n) is 2.98. The lowest BCUT2D eigenvalue weighted by Gasteiger charge is -2.36. The van der Waals surface area contributed by atoms with Crippen molar-refractivity contribution in [2.45, 2.75) is 75.9 Å². The van der Waals surface area contributed by atoms with Crippen LogP contribution in [-0.4, -0.2) is 92.9 Å². The summed E-state index contributed by atoms with van der Waals surface area (Å²) in [5.74, 6) is 0. The summed E-state index contributed by atoms with van der Waals surface area (Å²) in [4.78, 5) is 0. The van der Waals surface area contributed by atoms with Gasteiger partial charge >= 0.3 is 27.9 Å². The van der Waals surface area contributed by atoms with E-state index >= 15 is 0 Å². The molecule has 0 spiro atoms. The maximum atomic E-state index is 6.67. The lowest BCUT2D eigenvalue weighted by atomic mass is 11.8. The minimum atomic E-state index is -1.97. The molecule has 7 nitrogen and oxygen atoms in total. The summed E-state index contributed by atoms with van der Waals surface area (Å²) in [6, 6.07) is 0. The first kappa shape index (κ1) is 31.5. The van der Waals surface area contributed by atoms with Gasteiger partial charge in [-0.25, -0.2) is 0 Å². The zero-order valence-corrected chi connectivity index (χ0v) is 30.3. The molecule has 0 saturated heterocycles. The molecule has 0 fully saturated rings. The van der Waals surface area contributed by atoms with Crippen molar-refractivity contribution < 1.29 is 29.7 Å². The monoisotopic (exact) mass is 563 g/mol. The molecule has 1 radical (unpaired) electrons. The second-order valence-electron chi connectivity index (χ2n) is 10.5. The van der Waals surface area contributed by atoms with E-state index in [1.807, 2.05) is 0 Å². The minimum absolute atomic E-state index is 0.914. The van der Waals surface area contributed by atoms with E-state index in [1.165, 1.54) is 0 Å². The fraction of sp³-hybridized carbons (Fsp3) is 1.00. The van der Waals surface area contributed by atoms with Gasteiger partial charge in [-0.1, -0.05) is 0 Å². The van der Waals surface area contributed by atoms with Crippen molar-refractivity contribution in [1.29, 1.82) is 0 Å². The van der Waals surface area contributed by atoms with E-state index in [0.29, 0.717) is 0 Å². The van der Waals surface area contributed by atoms with Crippen LogP contribution in [0.4, 0.5) is 0 Å². The van der Waals surface area contributed by atoms with Crippen LogP contribution in [0.1, 0.15) is 0 Å². The molecule has 3 unspecified atom stereocenters. The SMILES string of the molecule is CO[SiH](C[Si](C)(C)O[SiH](C[Si](C)(C)O[SiH](C[Si](C)(C)O[SiH2])OC)OC)O[Si](C)(C)C. The Hall–Kier alpha value is 1.46. The predicted octanol–water partition coefficient (Wildman–Crippen LogP) is 2.27. The highest BCUT2D eigenvalue weighted by molar-refractivity contribution is 6.91. The molecule has 0 aliphatic carbocycles. The van der Waals surface area contributed by atoms with Crippen LogP contribution in [0.3, 0.4) is 0 Å². The molecule has 0 aliphatic rings. The standard InChI is InChI=1S/C15H47O7Si8/c1-16-24(20-27(4,5)6)14-29(9,10)22-26(18-3)15-30(11,12)21-25(17-2)13-28(7,8)19-23/h24-26H,13-15,23H2,1-12H3. The molecule has 181 valence electrons. The second kappa shape index (κ2) is 13.4. The normalized spacial score (nSPS) is 17.1. The molecule has 0 aromatic rings. The molecule has 3 atom stereocenters. The van der Waals surface area contributed by atoms with Gasteiger partial charge in [0, 0.05) is 38.3 Å². The molecule has 0 aliphatic heterocycles. The van der Waals surface area contributed by atoms with Gasteiger partial charge in [0.05, 0.1) is 0 Å². The summed E-state index contributed by atoms with van der Waals surface area (Å²) in [5, 5.41) is 0. The average Bonchev–Trinajstić information content (AvgIpc) is 2.57. The van der Waals surface area contributed by atoms with Gasteiger partial charge in [-0.2, -0.15) is 0 Å². The van der Waals surface area contributed by atoms with Crippen LogP contribution in [0, 0.1) is 0 Å². The van der Waals surface area contributed by atoms with E-state index in [2.05, 4.69) is 58.9 Å². The molecular formula is C15H47O7Si8. The minimum Gasteiger partial charge on any atom is -0.461 e. The Morgan fingerprint density at radius 2 is 0.833 bits per heavy atom. The Morgan fingerprint density at radius 1 is 0.533 bits per heavy atom. The molecule has 0 N–H and O–H groups in total. The van der Waals surface area contributed by atoms with E-state index in [9.17, 15) is 0 Å². The molecule has 0 aromatic carbocycles. The fourth-order valence-corrected chi connectivity index (χ4v) is 31.9. The van der Waals surface area contributed by atoms with E-state index < -0.39 is 61.1 Å². The van der Waals surface area contributed by atoms with Crippen molar-refractivity contribution in [3.8, 4) is 0 Å². The van der Waals surface area contributed by atoms with Crippen molar-refractivity contribution in [2.75, 3.05) is 21.3 Å². The van der Waals surface area contributed by atoms with Gasteiger partial charge in [-0.15, -0.1) is 0 Å². The average molecular weight is 564 g/mol. The smallest absolute Gasteiger partial charge is 0.310 e. The summed E-state index contributed by atoms with van der Waals surface area (Å²) in [6.45, 7) is 20.1. The Kier molecular flexibility index (Phi) is 14.0. The van der Waals surface area contributed by atoms with Crippen molar-refractivity contribution in [3.05, 3.63) is 0 Å². The summed E-state index contributed by atoms with van der Waals surface area (Å²) < 4.78 is 42.7. The molecule has 0 aromatic heterocycles. The van der Waals surface area contributed by atoms with E-state index in [-0.39, 0.29) is 0 Å². The lowest BCUT2D eigenvalue weighted by molar-refractivity contribution is 0.319. The van der Waals surface area contributed by atoms with Crippen LogP contribution >= 0.6 is 0 Å². The van der Waals surface area contributed by atoms with Gasteiger partial charge in [-0.3, -0.25) is 0 Å². The maximum absolute atomic E-state index is 6.67. The van der Waals surface area contributed by atoms with Gasteiger partial charge < -0.3 is 29.7 Å². The highest BCUT2D eigenvalue weighted by Crippen LogP contribution is 2.24. The summed E-state index contributed by atoms with van der Waals surface area (Å²) in [5.41, 5.74) is 2.81. The second-order valence-corrected chi connectivity index (χ2v) is 38.2. The Labute approximate surface area is 198 Å². The molecule has 0 amide bonds. The van der Waals surface area contributed by atoms with E-state index in [0.717, 1.165) is 17.0 Å². The van der Waals surface area contributed by atoms with Crippen LogP contribution < -0.4 is 0 Å². The van der Waals surface area contributed by atoms with Crippen LogP contribution in [0.2, 0.25) is 75.9 Å². The zero-order valence-electron chi connectivity index (χ0n) is 21.4. The van der Waals surface area contributed by atoms with Crippen molar-refractivity contribution in [2.24, 2.45) is 0 Å². The topological polar surface area (TPSA) is 64.6 Å². The summed E-state index contributed by atoms with van der Waals surface area (Å²) in [6.07, 6.45) is 0. The van der Waals surface area contributed by atoms with Crippen molar-refractivity contribution in [3.63, 3.8) is 0 Å². The Balaban J connectivity index is 5.01. The Bertz CT molecular complexity index is 490. The predicted molar refractivity (Wildman–Crippen MR) is 146 cm³/mol.